The van der Waals surface area contributed by atoms with Gasteiger partial charge in [-0.2, -0.15) is 18.3 Å². The molecule has 2 aromatic carbocycles. The number of halogens is 3. The zero-order chi connectivity index (χ0) is 20.2. The molecule has 1 aliphatic heterocycles. The van der Waals surface area contributed by atoms with Crippen molar-refractivity contribution < 1.29 is 13.2 Å². The Morgan fingerprint density at radius 3 is 2.62 bits per heavy atom. The summed E-state index contributed by atoms with van der Waals surface area (Å²) in [5.74, 6) is 0.274. The number of aromatic nitrogens is 2. The molecule has 7 heteroatoms. The molecule has 0 saturated carbocycles. The molecule has 3 aromatic rings. The number of alkyl halides is 3. The van der Waals surface area contributed by atoms with Gasteiger partial charge in [-0.1, -0.05) is 18.2 Å². The van der Waals surface area contributed by atoms with Gasteiger partial charge in [0, 0.05) is 23.7 Å². The predicted molar refractivity (Wildman–Crippen MR) is 106 cm³/mol. The van der Waals surface area contributed by atoms with Crippen molar-refractivity contribution >= 4 is 11.4 Å². The van der Waals surface area contributed by atoms with Crippen molar-refractivity contribution in [2.24, 2.45) is 5.92 Å². The minimum absolute atomic E-state index is 0.0755. The van der Waals surface area contributed by atoms with Crippen LogP contribution in [0.1, 0.15) is 35.0 Å². The summed E-state index contributed by atoms with van der Waals surface area (Å²) in [6.07, 6.45) is -2.54. The van der Waals surface area contributed by atoms with Gasteiger partial charge in [-0.3, -0.25) is 0 Å². The van der Waals surface area contributed by atoms with E-state index in [0.29, 0.717) is 17.9 Å². The number of para-hydroxylation sites is 1. The Bertz CT molecular complexity index is 1060. The summed E-state index contributed by atoms with van der Waals surface area (Å²) in [6, 6.07) is 13.7. The molecule has 2 atom stereocenters. The Balaban J connectivity index is 1.58. The lowest BCUT2D eigenvalue weighted by Crippen LogP contribution is -2.29. The Kier molecular flexibility index (Phi) is 4.08. The zero-order valence-electron chi connectivity index (χ0n) is 15.9. The molecule has 0 amide bonds. The van der Waals surface area contributed by atoms with Gasteiger partial charge in [-0.15, -0.1) is 0 Å². The quantitative estimate of drug-likeness (QED) is 0.581. The third-order valence-electron chi connectivity index (χ3n) is 5.95. The molecule has 0 bridgehead atoms. The minimum Gasteiger partial charge on any atom is -0.383 e. The van der Waals surface area contributed by atoms with Gasteiger partial charge in [-0.25, -0.2) is 4.68 Å². The third-order valence-corrected chi connectivity index (χ3v) is 5.95. The molecule has 0 fully saturated rings. The van der Waals surface area contributed by atoms with Crippen LogP contribution in [0.25, 0.3) is 5.69 Å². The molecule has 4 nitrogen and oxygen atoms in total. The van der Waals surface area contributed by atoms with Crippen LogP contribution in [0, 0.1) is 12.8 Å². The average Bonchev–Trinajstić information content (AvgIpc) is 2.93. The van der Waals surface area contributed by atoms with Gasteiger partial charge in [0.15, 0.2) is 0 Å². The maximum absolute atomic E-state index is 13.2. The molecule has 2 N–H and O–H groups in total. The number of hydrogen-bond acceptors (Lipinski definition) is 3. The van der Waals surface area contributed by atoms with E-state index in [4.69, 9.17) is 5.10 Å². The van der Waals surface area contributed by atoms with Crippen molar-refractivity contribution in [3.8, 4) is 5.69 Å². The van der Waals surface area contributed by atoms with Crippen LogP contribution in [-0.4, -0.2) is 16.3 Å². The zero-order valence-corrected chi connectivity index (χ0v) is 15.9. The number of hydrogen-bond donors (Lipinski definition) is 2. The van der Waals surface area contributed by atoms with Gasteiger partial charge in [0.25, 0.3) is 0 Å². The maximum atomic E-state index is 13.2. The highest BCUT2D eigenvalue weighted by molar-refractivity contribution is 5.72. The van der Waals surface area contributed by atoms with Gasteiger partial charge >= 0.3 is 6.18 Å². The lowest BCUT2D eigenvalue weighted by molar-refractivity contribution is -0.137. The summed E-state index contributed by atoms with van der Waals surface area (Å²) >= 11 is 0. The van der Waals surface area contributed by atoms with Gasteiger partial charge in [0.1, 0.15) is 0 Å². The molecule has 0 radical (unpaired) electrons. The first-order valence-electron chi connectivity index (χ1n) is 9.77. The Morgan fingerprint density at radius 1 is 1.07 bits per heavy atom. The van der Waals surface area contributed by atoms with Gasteiger partial charge < -0.3 is 10.6 Å². The molecule has 5 rings (SSSR count). The summed E-state index contributed by atoms with van der Waals surface area (Å²) < 4.78 is 41.7. The molecule has 2 heterocycles. The SMILES string of the molecule is Cc1nn(-c2ccccc2)c2c1C1Nc3cc(C(F)(F)F)ccc3NCC1CC2. The highest BCUT2D eigenvalue weighted by Gasteiger charge is 2.37. The molecular weight excluding hydrogens is 377 g/mol. The van der Waals surface area contributed by atoms with E-state index in [1.54, 1.807) is 0 Å². The van der Waals surface area contributed by atoms with Gasteiger partial charge in [0.2, 0.25) is 0 Å². The normalized spacial score (nSPS) is 20.6. The van der Waals surface area contributed by atoms with Gasteiger partial charge in [0.05, 0.1) is 34.4 Å². The third kappa shape index (κ3) is 3.05. The maximum Gasteiger partial charge on any atom is 0.416 e. The summed E-state index contributed by atoms with van der Waals surface area (Å²) in [4.78, 5) is 0. The second-order valence-electron chi connectivity index (χ2n) is 7.75. The van der Waals surface area contributed by atoms with Crippen LogP contribution in [-0.2, 0) is 12.6 Å². The van der Waals surface area contributed by atoms with Crippen LogP contribution in [0.4, 0.5) is 24.5 Å². The monoisotopic (exact) mass is 398 g/mol. The molecule has 0 saturated heterocycles. The van der Waals surface area contributed by atoms with E-state index >= 15 is 0 Å². The van der Waals surface area contributed by atoms with Crippen molar-refractivity contribution in [2.45, 2.75) is 32.0 Å². The van der Waals surface area contributed by atoms with Crippen LogP contribution < -0.4 is 10.6 Å². The number of aryl methyl sites for hydroxylation is 1. The van der Waals surface area contributed by atoms with E-state index in [1.807, 2.05) is 41.9 Å². The fraction of sp³-hybridized carbons (Fsp3) is 0.318. The van der Waals surface area contributed by atoms with Crippen molar-refractivity contribution in [1.29, 1.82) is 0 Å². The summed E-state index contributed by atoms with van der Waals surface area (Å²) in [7, 11) is 0. The average molecular weight is 398 g/mol. The number of benzene rings is 2. The first kappa shape index (κ1) is 18.1. The van der Waals surface area contributed by atoms with E-state index in [9.17, 15) is 13.2 Å². The van der Waals surface area contributed by atoms with E-state index in [1.165, 1.54) is 12.1 Å². The molecule has 2 unspecified atom stereocenters. The highest BCUT2D eigenvalue weighted by atomic mass is 19.4. The summed E-state index contributed by atoms with van der Waals surface area (Å²) in [5, 5.41) is 11.5. The Hall–Kier alpha value is -2.96. The molecule has 2 aliphatic rings. The predicted octanol–water partition coefficient (Wildman–Crippen LogP) is 5.34. The van der Waals surface area contributed by atoms with Crippen LogP contribution in [0.2, 0.25) is 0 Å². The molecule has 29 heavy (non-hydrogen) atoms. The topological polar surface area (TPSA) is 41.9 Å². The van der Waals surface area contributed by atoms with E-state index in [0.717, 1.165) is 41.5 Å². The molecular formula is C22H21F3N4. The standard InChI is InChI=1S/C22H21F3N4/c1-13-20-19(29(28-13)16-5-3-2-4-6-16)10-7-14-12-26-17-9-8-15(22(23,24)25)11-18(17)27-21(14)20/h2-6,8-9,11,14,21,26-27H,7,10,12H2,1H3. The number of fused-ring (bicyclic) bond motifs is 4. The van der Waals surface area contributed by atoms with Crippen molar-refractivity contribution in [3.63, 3.8) is 0 Å². The first-order chi connectivity index (χ1) is 13.9. The second kappa shape index (κ2) is 6.54. The fourth-order valence-electron chi connectivity index (χ4n) is 4.55. The summed E-state index contributed by atoms with van der Waals surface area (Å²) in [6.45, 7) is 2.69. The molecule has 0 spiro atoms. The number of nitrogens with zero attached hydrogens (tertiary/aromatic N) is 2. The minimum atomic E-state index is -4.37. The molecule has 1 aliphatic carbocycles. The van der Waals surface area contributed by atoms with Crippen LogP contribution >= 0.6 is 0 Å². The summed E-state index contributed by atoms with van der Waals surface area (Å²) in [5.41, 5.74) is 4.73. The van der Waals surface area contributed by atoms with Crippen LogP contribution in [0.5, 0.6) is 0 Å². The molecule has 1 aromatic heterocycles. The fourth-order valence-corrected chi connectivity index (χ4v) is 4.55. The lowest BCUT2D eigenvalue weighted by Gasteiger charge is -2.31. The number of rotatable bonds is 1. The number of anilines is 2. The smallest absolute Gasteiger partial charge is 0.383 e. The van der Waals surface area contributed by atoms with E-state index in [2.05, 4.69) is 10.6 Å². The van der Waals surface area contributed by atoms with Crippen molar-refractivity contribution in [2.75, 3.05) is 17.2 Å². The Morgan fingerprint density at radius 2 is 1.86 bits per heavy atom. The molecule has 150 valence electrons. The van der Waals surface area contributed by atoms with Crippen molar-refractivity contribution in [3.05, 3.63) is 71.0 Å². The van der Waals surface area contributed by atoms with Crippen LogP contribution in [0.15, 0.2) is 48.5 Å². The van der Waals surface area contributed by atoms with Crippen molar-refractivity contribution in [1.82, 2.24) is 9.78 Å². The van der Waals surface area contributed by atoms with Crippen LogP contribution in [0.3, 0.4) is 0 Å². The van der Waals surface area contributed by atoms with E-state index < -0.39 is 11.7 Å². The second-order valence-corrected chi connectivity index (χ2v) is 7.75. The van der Waals surface area contributed by atoms with Gasteiger partial charge in [-0.05, 0) is 50.1 Å². The lowest BCUT2D eigenvalue weighted by atomic mass is 9.81. The largest absolute Gasteiger partial charge is 0.416 e. The number of nitrogens with one attached hydrogen (secondary N) is 2. The Labute approximate surface area is 166 Å². The highest BCUT2D eigenvalue weighted by Crippen LogP contribution is 2.44. The van der Waals surface area contributed by atoms with E-state index in [-0.39, 0.29) is 12.0 Å². The first-order valence-corrected chi connectivity index (χ1v) is 9.77.